The van der Waals surface area contributed by atoms with Crippen LogP contribution in [0.4, 0.5) is 0 Å². The van der Waals surface area contributed by atoms with Crippen LogP contribution in [-0.2, 0) is 20.0 Å². The van der Waals surface area contributed by atoms with Crippen LogP contribution in [-0.4, -0.2) is 14.9 Å². The zero-order valence-electron chi connectivity index (χ0n) is 13.6. The molecule has 11 heteroatoms. The van der Waals surface area contributed by atoms with Gasteiger partial charge in [0.15, 0.2) is 4.31 Å². The molecule has 1 rings (SSSR count). The minimum Gasteiger partial charge on any atom is -1.00 e. The Morgan fingerprint density at radius 2 is 1.39 bits per heavy atom. The first-order valence-corrected chi connectivity index (χ1v) is 5.97. The summed E-state index contributed by atoms with van der Waals surface area (Å²) < 4.78 is 22.2. The van der Waals surface area contributed by atoms with Crippen molar-refractivity contribution in [3.05, 3.63) is 35.9 Å². The molecule has 0 heterocycles. The Morgan fingerprint density at radius 1 is 1.00 bits per heavy atom. The smallest absolute Gasteiger partial charge is 1.00 e. The van der Waals surface area contributed by atoms with Crippen molar-refractivity contribution in [1.82, 2.24) is 0 Å². The van der Waals surface area contributed by atoms with Gasteiger partial charge >= 0.3 is 105 Å². The summed E-state index contributed by atoms with van der Waals surface area (Å²) in [6.07, 6.45) is 0. The van der Waals surface area contributed by atoms with Crippen LogP contribution in [0, 0.1) is 0 Å². The molecule has 6 nitrogen and oxygen atoms in total. The van der Waals surface area contributed by atoms with Crippen molar-refractivity contribution in [1.29, 1.82) is 0 Å². The molecule has 0 bridgehead atoms. The van der Waals surface area contributed by atoms with Gasteiger partial charge in [-0.05, 0) is 5.56 Å². The molecule has 18 heavy (non-hydrogen) atoms. The average molecular weight is 324 g/mol. The van der Waals surface area contributed by atoms with Crippen LogP contribution in [0.1, 0.15) is 9.84 Å². The third-order valence-electron chi connectivity index (χ3n) is 1.17. The maximum atomic E-state index is 9.39. The topological polar surface area (TPSA) is 104 Å². The van der Waals surface area contributed by atoms with Gasteiger partial charge in [-0.3, -0.25) is 0 Å². The molecule has 0 aliphatic carbocycles. The van der Waals surface area contributed by atoms with Crippen LogP contribution in [0.5, 0.6) is 0 Å². The molecule has 0 aliphatic rings. The normalized spacial score (nSPS) is 9.28. The molecule has 0 spiro atoms. The van der Waals surface area contributed by atoms with Crippen LogP contribution in [0.2, 0.25) is 0 Å². The minimum atomic E-state index is -2.92. The van der Waals surface area contributed by atoms with E-state index in [4.69, 9.17) is 14.9 Å². The number of rotatable bonds is 3. The molecule has 2 unspecified atom stereocenters. The van der Waals surface area contributed by atoms with E-state index in [9.17, 15) is 9.13 Å². The van der Waals surface area contributed by atoms with Gasteiger partial charge in [-0.15, -0.1) is 9.79 Å². The molecule has 0 aliphatic heterocycles. The Labute approximate surface area is 178 Å². The Hall–Kier alpha value is 2.26. The van der Waals surface area contributed by atoms with Gasteiger partial charge in [0.1, 0.15) is 0 Å². The van der Waals surface area contributed by atoms with Crippen molar-refractivity contribution in [2.24, 2.45) is 0 Å². The largest absolute Gasteiger partial charge is 1.00 e. The Bertz CT molecular complexity index is 327. The summed E-state index contributed by atoms with van der Waals surface area (Å²) in [5.74, 6) is 0. The molecule has 2 atom stereocenters. The molecular formula is C7H13Na3O6P2+2. The number of hydrogen-bond acceptors (Lipinski definition) is 4. The standard InChI is InChI=1S/C7H8O.3Na.O5P2.3H/c8-6-7-4-2-1-3-5-7;;;;1-6(2)5-7(3)4;;;/h1-5,8H,6H2;;;;;;;/q;3*+1;;3*-1/p+2. The third kappa shape index (κ3) is 20.6. The van der Waals surface area contributed by atoms with Crippen molar-refractivity contribution in [3.8, 4) is 0 Å². The molecule has 0 aromatic heterocycles. The fraction of sp³-hybridized carbons (Fsp3) is 0.143. The van der Waals surface area contributed by atoms with Gasteiger partial charge in [-0.25, -0.2) is 0 Å². The second-order valence-electron chi connectivity index (χ2n) is 2.20. The van der Waals surface area contributed by atoms with Gasteiger partial charge in [0, 0.05) is 9.13 Å². The molecule has 0 saturated heterocycles. The van der Waals surface area contributed by atoms with E-state index in [0.717, 1.165) is 5.56 Å². The molecule has 1 aromatic carbocycles. The van der Waals surface area contributed by atoms with Gasteiger partial charge in [0.05, 0.1) is 6.61 Å². The van der Waals surface area contributed by atoms with Crippen LogP contribution in [0.25, 0.3) is 0 Å². The molecule has 0 fully saturated rings. The van der Waals surface area contributed by atoms with Crippen molar-refractivity contribution in [2.45, 2.75) is 6.61 Å². The molecule has 1 aromatic rings. The van der Waals surface area contributed by atoms with E-state index < -0.39 is 16.5 Å². The molecule has 0 amide bonds. The van der Waals surface area contributed by atoms with Crippen molar-refractivity contribution < 1.29 is 121 Å². The molecular weight excluding hydrogens is 311 g/mol. The Kier molecular flexibility index (Phi) is 30.4. The number of hydrogen-bond donors (Lipinski definition) is 3. The predicted molar refractivity (Wildman–Crippen MR) is 56.4 cm³/mol. The van der Waals surface area contributed by atoms with Gasteiger partial charge < -0.3 is 9.39 Å². The van der Waals surface area contributed by atoms with E-state index in [0.29, 0.717) is 0 Å². The zero-order chi connectivity index (χ0) is 11.7. The summed E-state index contributed by atoms with van der Waals surface area (Å²) in [7, 11) is -5.85. The summed E-state index contributed by atoms with van der Waals surface area (Å²) in [5.41, 5.74) is 0.965. The van der Waals surface area contributed by atoms with Crippen LogP contribution in [0.3, 0.4) is 0 Å². The van der Waals surface area contributed by atoms with Gasteiger partial charge in [0.25, 0.3) is 0 Å². The monoisotopic (exact) mass is 324 g/mol. The van der Waals surface area contributed by atoms with Crippen molar-refractivity contribution in [3.63, 3.8) is 0 Å². The van der Waals surface area contributed by atoms with Crippen LogP contribution < -0.4 is 88.7 Å². The van der Waals surface area contributed by atoms with E-state index in [2.05, 4.69) is 4.31 Å². The maximum Gasteiger partial charge on any atom is 1.00 e. The van der Waals surface area contributed by atoms with Gasteiger partial charge in [0.2, 0.25) is 0 Å². The number of benzene rings is 1. The zero-order valence-corrected chi connectivity index (χ0v) is 18.3. The van der Waals surface area contributed by atoms with Gasteiger partial charge in [-0.2, -0.15) is 0 Å². The van der Waals surface area contributed by atoms with Crippen LogP contribution >= 0.6 is 16.5 Å². The van der Waals surface area contributed by atoms with E-state index in [1.807, 2.05) is 30.3 Å². The maximum absolute atomic E-state index is 9.39. The first-order chi connectivity index (χ1) is 7.06. The minimum absolute atomic E-state index is 0. The van der Waals surface area contributed by atoms with Gasteiger partial charge in [-0.1, -0.05) is 30.3 Å². The predicted octanol–water partition coefficient (Wildman–Crippen LogP) is -7.17. The SMILES string of the molecule is O=[P+](O)O[P+](=O)O.OCc1ccccc1.[H-].[H-].[H-].[Na+].[Na+].[Na+]. The fourth-order valence-corrected chi connectivity index (χ4v) is 1.12. The number of aliphatic hydroxyl groups is 1. The van der Waals surface area contributed by atoms with Crippen molar-refractivity contribution >= 4 is 16.5 Å². The second-order valence-corrected chi connectivity index (χ2v) is 3.81. The van der Waals surface area contributed by atoms with E-state index in [1.165, 1.54) is 0 Å². The number of aliphatic hydroxyl groups excluding tert-OH is 1. The summed E-state index contributed by atoms with van der Waals surface area (Å²) in [4.78, 5) is 15.3. The summed E-state index contributed by atoms with van der Waals surface area (Å²) >= 11 is 0. The second kappa shape index (κ2) is 19.3. The summed E-state index contributed by atoms with van der Waals surface area (Å²) in [6, 6.07) is 9.52. The molecule has 88 valence electrons. The third-order valence-corrected chi connectivity index (χ3v) is 2.28. The fourth-order valence-electron chi connectivity index (χ4n) is 0.643. The quantitative estimate of drug-likeness (QED) is 0.377. The Morgan fingerprint density at radius 3 is 1.56 bits per heavy atom. The summed E-state index contributed by atoms with van der Waals surface area (Å²) in [5, 5.41) is 8.54. The van der Waals surface area contributed by atoms with E-state index in [-0.39, 0.29) is 99.6 Å². The van der Waals surface area contributed by atoms with Crippen LogP contribution in [0.15, 0.2) is 30.3 Å². The first kappa shape index (κ1) is 28.4. The molecule has 0 saturated carbocycles. The molecule has 3 N–H and O–H groups in total. The van der Waals surface area contributed by atoms with Crippen molar-refractivity contribution in [2.75, 3.05) is 0 Å². The first-order valence-electron chi connectivity index (χ1n) is 3.71. The summed E-state index contributed by atoms with van der Waals surface area (Å²) in [6.45, 7) is 0.140. The van der Waals surface area contributed by atoms with E-state index >= 15 is 0 Å². The molecule has 0 radical (unpaired) electrons. The van der Waals surface area contributed by atoms with E-state index in [1.54, 1.807) is 0 Å². The Balaban J connectivity index is -0.0000000292. The average Bonchev–Trinajstić information content (AvgIpc) is 2.18.